The van der Waals surface area contributed by atoms with Crippen LogP contribution in [0.2, 0.25) is 5.02 Å². The van der Waals surface area contributed by atoms with E-state index in [9.17, 15) is 17.2 Å². The molecule has 2 aromatic carbocycles. The number of benzene rings is 2. The minimum Gasteiger partial charge on any atom is -0.345 e. The number of halogens is 5. The van der Waals surface area contributed by atoms with Crippen molar-refractivity contribution in [2.75, 3.05) is 10.6 Å². The third-order valence-electron chi connectivity index (χ3n) is 3.68. The number of hydrogen-bond donors (Lipinski definition) is 1. The lowest BCUT2D eigenvalue weighted by molar-refractivity contribution is 0.592. The average molecular weight is 484 g/mol. The molecule has 1 N–H and O–H groups in total. The van der Waals surface area contributed by atoms with E-state index in [0.29, 0.717) is 22.5 Å². The van der Waals surface area contributed by atoms with Crippen molar-refractivity contribution in [2.45, 2.75) is 11.4 Å². The third kappa shape index (κ3) is 3.69. The fourth-order valence-electron chi connectivity index (χ4n) is 2.52. The Morgan fingerprint density at radius 3 is 2.58 bits per heavy atom. The molecule has 0 spiro atoms. The topological polar surface area (TPSA) is 51.1 Å². The highest BCUT2D eigenvalue weighted by atomic mass is 79.9. The van der Waals surface area contributed by atoms with Crippen LogP contribution in [0.4, 0.5) is 14.5 Å². The summed E-state index contributed by atoms with van der Waals surface area (Å²) in [5, 5.41) is 0.828. The molecule has 26 heavy (non-hydrogen) atoms. The highest BCUT2D eigenvalue weighted by Crippen LogP contribution is 2.31. The molecule has 0 bridgehead atoms. The SMILES string of the molecule is O=S(=O)(Nc1cc(F)c(Br)cc1F)c1cn(CCCl)c2cc(Cl)ccc12. The first-order valence-corrected chi connectivity index (χ1v) is 10.4. The quantitative estimate of drug-likeness (QED) is 0.391. The van der Waals surface area contributed by atoms with Gasteiger partial charge < -0.3 is 4.57 Å². The minimum absolute atomic E-state index is 0.0861. The van der Waals surface area contributed by atoms with Crippen LogP contribution in [-0.4, -0.2) is 18.9 Å². The molecule has 0 aliphatic heterocycles. The lowest BCUT2D eigenvalue weighted by Crippen LogP contribution is -2.14. The number of aryl methyl sites for hydroxylation is 1. The molecule has 0 saturated heterocycles. The molecule has 0 fully saturated rings. The van der Waals surface area contributed by atoms with E-state index in [1.165, 1.54) is 6.20 Å². The van der Waals surface area contributed by atoms with Crippen LogP contribution in [0.15, 0.2) is 45.9 Å². The zero-order valence-electron chi connectivity index (χ0n) is 12.9. The Morgan fingerprint density at radius 2 is 1.88 bits per heavy atom. The van der Waals surface area contributed by atoms with Crippen molar-refractivity contribution in [2.24, 2.45) is 0 Å². The zero-order valence-corrected chi connectivity index (χ0v) is 16.9. The fourth-order valence-corrected chi connectivity index (χ4v) is 4.47. The van der Waals surface area contributed by atoms with E-state index >= 15 is 0 Å². The molecule has 0 aliphatic rings. The van der Waals surface area contributed by atoms with Gasteiger partial charge in [-0.3, -0.25) is 4.72 Å². The van der Waals surface area contributed by atoms with E-state index in [0.717, 1.165) is 12.1 Å². The van der Waals surface area contributed by atoms with Crippen molar-refractivity contribution in [3.63, 3.8) is 0 Å². The van der Waals surface area contributed by atoms with Gasteiger partial charge in [0.15, 0.2) is 0 Å². The lowest BCUT2D eigenvalue weighted by Gasteiger charge is -2.09. The first-order valence-electron chi connectivity index (χ1n) is 7.24. The van der Waals surface area contributed by atoms with Gasteiger partial charge in [-0.1, -0.05) is 11.6 Å². The van der Waals surface area contributed by atoms with Crippen molar-refractivity contribution in [1.82, 2.24) is 4.57 Å². The highest BCUT2D eigenvalue weighted by molar-refractivity contribution is 9.10. The van der Waals surface area contributed by atoms with Crippen LogP contribution in [0, 0.1) is 11.6 Å². The van der Waals surface area contributed by atoms with E-state index in [1.807, 2.05) is 0 Å². The van der Waals surface area contributed by atoms with Crippen molar-refractivity contribution < 1.29 is 17.2 Å². The molecule has 10 heteroatoms. The lowest BCUT2D eigenvalue weighted by atomic mass is 10.2. The normalized spacial score (nSPS) is 11.9. The van der Waals surface area contributed by atoms with Gasteiger partial charge in [0, 0.05) is 35.1 Å². The van der Waals surface area contributed by atoms with E-state index in [4.69, 9.17) is 23.2 Å². The molecule has 1 heterocycles. The molecule has 0 amide bonds. The Kier molecular flexibility index (Phi) is 5.48. The van der Waals surface area contributed by atoms with Crippen LogP contribution in [0.1, 0.15) is 0 Å². The number of alkyl halides is 1. The van der Waals surface area contributed by atoms with Gasteiger partial charge in [0.25, 0.3) is 10.0 Å². The highest BCUT2D eigenvalue weighted by Gasteiger charge is 2.23. The molecular weight excluding hydrogens is 473 g/mol. The minimum atomic E-state index is -4.18. The molecule has 1 aromatic heterocycles. The van der Waals surface area contributed by atoms with Gasteiger partial charge in [-0.2, -0.15) is 0 Å². The zero-order chi connectivity index (χ0) is 19.1. The van der Waals surface area contributed by atoms with Gasteiger partial charge in [0.05, 0.1) is 15.7 Å². The summed E-state index contributed by atoms with van der Waals surface area (Å²) in [5.41, 5.74) is 0.0823. The second-order valence-electron chi connectivity index (χ2n) is 5.39. The van der Waals surface area contributed by atoms with Crippen molar-refractivity contribution >= 4 is 65.7 Å². The first kappa shape index (κ1) is 19.4. The van der Waals surface area contributed by atoms with Crippen LogP contribution in [0.3, 0.4) is 0 Å². The number of nitrogens with one attached hydrogen (secondary N) is 1. The molecule has 3 rings (SSSR count). The van der Waals surface area contributed by atoms with E-state index < -0.39 is 27.3 Å². The van der Waals surface area contributed by atoms with Gasteiger partial charge in [-0.15, -0.1) is 11.6 Å². The van der Waals surface area contributed by atoms with E-state index in [1.54, 1.807) is 22.8 Å². The molecule has 3 aromatic rings. The molecule has 0 unspecified atom stereocenters. The van der Waals surface area contributed by atoms with Crippen LogP contribution in [0.5, 0.6) is 0 Å². The summed E-state index contributed by atoms with van der Waals surface area (Å²) in [5.74, 6) is -1.44. The van der Waals surface area contributed by atoms with Crippen molar-refractivity contribution in [1.29, 1.82) is 0 Å². The van der Waals surface area contributed by atoms with E-state index in [2.05, 4.69) is 20.7 Å². The number of rotatable bonds is 5. The number of aromatic nitrogens is 1. The summed E-state index contributed by atoms with van der Waals surface area (Å²) in [6.07, 6.45) is 1.39. The molecular formula is C16H11BrCl2F2N2O2S. The first-order chi connectivity index (χ1) is 12.2. The standard InChI is InChI=1S/C16H11BrCl2F2N2O2S/c17-11-6-13(21)14(7-12(11)20)22-26(24,25)16-8-23(4-3-18)15-5-9(19)1-2-10(15)16/h1-2,5-8,22H,3-4H2. The van der Waals surface area contributed by atoms with Gasteiger partial charge >= 0.3 is 0 Å². The van der Waals surface area contributed by atoms with E-state index in [-0.39, 0.29) is 15.2 Å². The number of fused-ring (bicyclic) bond motifs is 1. The van der Waals surface area contributed by atoms with Gasteiger partial charge in [0.1, 0.15) is 16.5 Å². The van der Waals surface area contributed by atoms with Gasteiger partial charge in [-0.05, 0) is 40.2 Å². The fraction of sp³-hybridized carbons (Fsp3) is 0.125. The molecule has 4 nitrogen and oxygen atoms in total. The molecule has 0 aliphatic carbocycles. The molecule has 0 atom stereocenters. The Bertz CT molecular complexity index is 1100. The Hall–Kier alpha value is -1.35. The van der Waals surface area contributed by atoms with Crippen molar-refractivity contribution in [3.8, 4) is 0 Å². The molecule has 138 valence electrons. The summed E-state index contributed by atoms with van der Waals surface area (Å²) in [7, 11) is -4.18. The predicted molar refractivity (Wildman–Crippen MR) is 103 cm³/mol. The molecule has 0 radical (unpaired) electrons. The van der Waals surface area contributed by atoms with Gasteiger partial charge in [-0.25, -0.2) is 17.2 Å². The summed E-state index contributed by atoms with van der Waals surface area (Å²) >= 11 is 14.6. The average Bonchev–Trinajstić information content (AvgIpc) is 2.92. The maximum absolute atomic E-state index is 14.0. The number of hydrogen-bond acceptors (Lipinski definition) is 2. The second-order valence-corrected chi connectivity index (χ2v) is 8.71. The van der Waals surface area contributed by atoms with Crippen LogP contribution < -0.4 is 4.72 Å². The number of anilines is 1. The van der Waals surface area contributed by atoms with Crippen LogP contribution >= 0.6 is 39.1 Å². The van der Waals surface area contributed by atoms with Crippen LogP contribution in [0.25, 0.3) is 10.9 Å². The Labute approximate surface area is 166 Å². The Morgan fingerprint density at radius 1 is 1.15 bits per heavy atom. The summed E-state index contributed by atoms with van der Waals surface area (Å²) < 4.78 is 56.8. The number of sulfonamides is 1. The third-order valence-corrected chi connectivity index (χ3v) is 6.08. The summed E-state index contributed by atoms with van der Waals surface area (Å²) in [6.45, 7) is 0.356. The largest absolute Gasteiger partial charge is 0.345 e. The molecule has 0 saturated carbocycles. The summed E-state index contributed by atoms with van der Waals surface area (Å²) in [6, 6.07) is 6.33. The maximum atomic E-state index is 14.0. The maximum Gasteiger partial charge on any atom is 0.264 e. The monoisotopic (exact) mass is 482 g/mol. The predicted octanol–water partition coefficient (Wildman–Crippen LogP) is 5.38. The van der Waals surface area contributed by atoms with Crippen LogP contribution in [-0.2, 0) is 16.6 Å². The number of nitrogens with zero attached hydrogens (tertiary/aromatic N) is 1. The second kappa shape index (κ2) is 7.34. The Balaban J connectivity index is 2.12. The van der Waals surface area contributed by atoms with Gasteiger partial charge in [0.2, 0.25) is 0 Å². The smallest absolute Gasteiger partial charge is 0.264 e. The summed E-state index contributed by atoms with van der Waals surface area (Å²) in [4.78, 5) is -0.0861. The van der Waals surface area contributed by atoms with Crippen molar-refractivity contribution in [3.05, 3.63) is 57.7 Å².